The van der Waals surface area contributed by atoms with Gasteiger partial charge in [0.1, 0.15) is 5.60 Å². The van der Waals surface area contributed by atoms with E-state index >= 15 is 0 Å². The first-order valence-corrected chi connectivity index (χ1v) is 9.23. The van der Waals surface area contributed by atoms with Crippen LogP contribution >= 0.6 is 0 Å². The summed E-state index contributed by atoms with van der Waals surface area (Å²) >= 11 is 0. The van der Waals surface area contributed by atoms with Crippen LogP contribution in [0, 0.1) is 11.8 Å². The second kappa shape index (κ2) is 7.14. The molecule has 1 amide bonds. The van der Waals surface area contributed by atoms with E-state index in [0.29, 0.717) is 0 Å². The largest absolute Gasteiger partial charge is 0.444 e. The Kier molecular flexibility index (Phi) is 5.14. The maximum Gasteiger partial charge on any atom is 0.412 e. The average Bonchev–Trinajstić information content (AvgIpc) is 3.35. The molecule has 0 spiro atoms. The van der Waals surface area contributed by atoms with Gasteiger partial charge in [-0.2, -0.15) is 0 Å². The van der Waals surface area contributed by atoms with Gasteiger partial charge in [0.25, 0.3) is 0 Å². The number of benzene rings is 1. The fraction of sp³-hybridized carbons (Fsp3) is 0.650. The first-order valence-electron chi connectivity index (χ1n) is 9.23. The summed E-state index contributed by atoms with van der Waals surface area (Å²) in [6.07, 6.45) is 6.29. The van der Waals surface area contributed by atoms with Gasteiger partial charge in [-0.1, -0.05) is 12.1 Å². The second-order valence-electron chi connectivity index (χ2n) is 8.23. The number of hydrogen-bond acceptors (Lipinski definition) is 3. The third-order valence-electron chi connectivity index (χ3n) is 4.65. The van der Waals surface area contributed by atoms with Crippen molar-refractivity contribution in [1.82, 2.24) is 5.32 Å². The number of anilines is 1. The van der Waals surface area contributed by atoms with E-state index in [4.69, 9.17) is 4.74 Å². The molecule has 2 fully saturated rings. The lowest BCUT2D eigenvalue weighted by atomic mass is 10.1. The summed E-state index contributed by atoms with van der Waals surface area (Å²) in [5.74, 6) is 1.89. The normalized spacial score (nSPS) is 17.8. The number of rotatable bonds is 7. The standard InChI is InChI=1S/C20H30N2O2/c1-20(2,3)24-19(23)22-17-10-4-14(5-11-17)12-13-21-18(15-6-7-15)16-8-9-16/h4-5,10-11,15-16,18,21H,6-9,12-13H2,1-3H3,(H,22,23). The lowest BCUT2D eigenvalue weighted by Crippen LogP contribution is -2.34. The molecule has 0 saturated heterocycles. The molecule has 4 nitrogen and oxygen atoms in total. The molecule has 2 saturated carbocycles. The van der Waals surface area contributed by atoms with Crippen LogP contribution in [0.2, 0.25) is 0 Å². The molecule has 0 aromatic heterocycles. The summed E-state index contributed by atoms with van der Waals surface area (Å²) < 4.78 is 5.26. The molecule has 132 valence electrons. The highest BCUT2D eigenvalue weighted by Crippen LogP contribution is 2.44. The fourth-order valence-corrected chi connectivity index (χ4v) is 3.19. The minimum atomic E-state index is -0.477. The lowest BCUT2D eigenvalue weighted by Gasteiger charge is -2.19. The highest BCUT2D eigenvalue weighted by Gasteiger charge is 2.40. The van der Waals surface area contributed by atoms with E-state index in [1.807, 2.05) is 32.9 Å². The van der Waals surface area contributed by atoms with Crippen LogP contribution in [0.15, 0.2) is 24.3 Å². The van der Waals surface area contributed by atoms with Crippen LogP contribution in [-0.2, 0) is 11.2 Å². The molecular weight excluding hydrogens is 300 g/mol. The molecule has 24 heavy (non-hydrogen) atoms. The number of nitrogens with one attached hydrogen (secondary N) is 2. The Hall–Kier alpha value is -1.55. The van der Waals surface area contributed by atoms with Crippen molar-refractivity contribution in [2.24, 2.45) is 11.8 Å². The van der Waals surface area contributed by atoms with Crippen LogP contribution in [0.5, 0.6) is 0 Å². The summed E-state index contributed by atoms with van der Waals surface area (Å²) in [4.78, 5) is 11.8. The first-order chi connectivity index (χ1) is 11.4. The van der Waals surface area contributed by atoms with Gasteiger partial charge in [0.05, 0.1) is 0 Å². The van der Waals surface area contributed by atoms with Gasteiger partial charge >= 0.3 is 6.09 Å². The van der Waals surface area contributed by atoms with Crippen molar-refractivity contribution < 1.29 is 9.53 Å². The predicted molar refractivity (Wildman–Crippen MR) is 97.2 cm³/mol. The van der Waals surface area contributed by atoms with E-state index in [1.54, 1.807) is 0 Å². The molecule has 3 rings (SSSR count). The van der Waals surface area contributed by atoms with E-state index in [2.05, 4.69) is 22.8 Å². The zero-order chi connectivity index (χ0) is 17.2. The Bertz CT molecular complexity index is 542. The lowest BCUT2D eigenvalue weighted by molar-refractivity contribution is 0.0636. The maximum atomic E-state index is 11.8. The van der Waals surface area contributed by atoms with Crippen molar-refractivity contribution in [2.75, 3.05) is 11.9 Å². The Morgan fingerprint density at radius 1 is 1.12 bits per heavy atom. The highest BCUT2D eigenvalue weighted by molar-refractivity contribution is 5.84. The van der Waals surface area contributed by atoms with Crippen LogP contribution in [-0.4, -0.2) is 24.3 Å². The summed E-state index contributed by atoms with van der Waals surface area (Å²) in [6, 6.07) is 8.81. The van der Waals surface area contributed by atoms with Crippen LogP contribution in [0.3, 0.4) is 0 Å². The molecule has 0 radical (unpaired) electrons. The van der Waals surface area contributed by atoms with Crippen LogP contribution < -0.4 is 10.6 Å². The van der Waals surface area contributed by atoms with Crippen molar-refractivity contribution in [1.29, 1.82) is 0 Å². The minimum absolute atomic E-state index is 0.409. The topological polar surface area (TPSA) is 50.4 Å². The van der Waals surface area contributed by atoms with E-state index in [0.717, 1.165) is 36.5 Å². The van der Waals surface area contributed by atoms with Crippen LogP contribution in [0.1, 0.15) is 52.0 Å². The van der Waals surface area contributed by atoms with Gasteiger partial charge < -0.3 is 10.1 Å². The van der Waals surface area contributed by atoms with Gasteiger partial charge in [-0.3, -0.25) is 5.32 Å². The summed E-state index contributed by atoms with van der Waals surface area (Å²) in [7, 11) is 0. The zero-order valence-electron chi connectivity index (χ0n) is 15.1. The molecule has 2 aliphatic rings. The average molecular weight is 330 g/mol. The van der Waals surface area contributed by atoms with Crippen LogP contribution in [0.4, 0.5) is 10.5 Å². The molecule has 2 aliphatic carbocycles. The summed E-state index contributed by atoms with van der Waals surface area (Å²) in [5, 5.41) is 6.54. The second-order valence-corrected chi connectivity index (χ2v) is 8.23. The first kappa shape index (κ1) is 17.3. The third kappa shape index (κ3) is 5.52. The number of amides is 1. The Balaban J connectivity index is 1.41. The SMILES string of the molecule is CC(C)(C)OC(=O)Nc1ccc(CCNC(C2CC2)C2CC2)cc1. The summed E-state index contributed by atoms with van der Waals surface area (Å²) in [6.45, 7) is 6.62. The molecule has 2 N–H and O–H groups in total. The van der Waals surface area contributed by atoms with Crippen molar-refractivity contribution in [2.45, 2.75) is 64.5 Å². The zero-order valence-corrected chi connectivity index (χ0v) is 15.1. The minimum Gasteiger partial charge on any atom is -0.444 e. The third-order valence-corrected chi connectivity index (χ3v) is 4.65. The Morgan fingerprint density at radius 2 is 1.71 bits per heavy atom. The molecule has 0 heterocycles. The van der Waals surface area contributed by atoms with Gasteiger partial charge in [0.15, 0.2) is 0 Å². The Labute approximate surface area is 145 Å². The maximum absolute atomic E-state index is 11.8. The number of ether oxygens (including phenoxy) is 1. The molecule has 4 heteroatoms. The quantitative estimate of drug-likeness (QED) is 0.781. The predicted octanol–water partition coefficient (Wildman–Crippen LogP) is 4.35. The van der Waals surface area contributed by atoms with Gasteiger partial charge in [-0.05, 0) is 89.0 Å². The smallest absolute Gasteiger partial charge is 0.412 e. The number of hydrogen-bond donors (Lipinski definition) is 2. The molecule has 0 bridgehead atoms. The molecule has 1 aromatic rings. The summed E-state index contributed by atoms with van der Waals surface area (Å²) in [5.41, 5.74) is 1.59. The van der Waals surface area contributed by atoms with Gasteiger partial charge in [0, 0.05) is 11.7 Å². The van der Waals surface area contributed by atoms with Crippen molar-refractivity contribution in [3.8, 4) is 0 Å². The molecule has 0 aliphatic heterocycles. The van der Waals surface area contributed by atoms with Crippen molar-refractivity contribution in [3.05, 3.63) is 29.8 Å². The fourth-order valence-electron chi connectivity index (χ4n) is 3.19. The van der Waals surface area contributed by atoms with E-state index in [9.17, 15) is 4.79 Å². The van der Waals surface area contributed by atoms with Crippen LogP contribution in [0.25, 0.3) is 0 Å². The molecule has 1 aromatic carbocycles. The number of carbonyl (C=O) groups excluding carboxylic acids is 1. The van der Waals surface area contributed by atoms with Gasteiger partial charge in [-0.25, -0.2) is 4.79 Å². The molecule has 0 atom stereocenters. The van der Waals surface area contributed by atoms with Gasteiger partial charge in [-0.15, -0.1) is 0 Å². The van der Waals surface area contributed by atoms with E-state index in [-0.39, 0.29) is 0 Å². The van der Waals surface area contributed by atoms with E-state index in [1.165, 1.54) is 31.2 Å². The number of carbonyl (C=O) groups is 1. The Morgan fingerprint density at radius 3 is 2.21 bits per heavy atom. The highest BCUT2D eigenvalue weighted by atomic mass is 16.6. The molecular formula is C20H30N2O2. The van der Waals surface area contributed by atoms with E-state index < -0.39 is 11.7 Å². The van der Waals surface area contributed by atoms with Crippen molar-refractivity contribution in [3.63, 3.8) is 0 Å². The van der Waals surface area contributed by atoms with Crippen molar-refractivity contribution >= 4 is 11.8 Å². The van der Waals surface area contributed by atoms with Gasteiger partial charge in [0.2, 0.25) is 0 Å². The monoisotopic (exact) mass is 330 g/mol. The molecule has 0 unspecified atom stereocenters.